The highest BCUT2D eigenvalue weighted by atomic mass is 32.3. The Labute approximate surface area is 142 Å². The van der Waals surface area contributed by atoms with Crippen molar-refractivity contribution in [3.05, 3.63) is 23.3 Å². The number of rotatable bonds is 4. The van der Waals surface area contributed by atoms with Crippen LogP contribution in [0.25, 0.3) is 0 Å². The minimum Gasteiger partial charge on any atom is -0.399 e. The van der Waals surface area contributed by atoms with E-state index in [1.165, 1.54) is 6.07 Å². The molecule has 0 spiro atoms. The summed E-state index contributed by atoms with van der Waals surface area (Å²) < 4.78 is 50.9. The third-order valence-corrected chi connectivity index (χ3v) is 5.08. The molecule has 23 heavy (non-hydrogen) atoms. The van der Waals surface area contributed by atoms with E-state index >= 15 is 0 Å². The minimum atomic E-state index is -5.12. The van der Waals surface area contributed by atoms with Gasteiger partial charge in [0.1, 0.15) is 5.75 Å². The summed E-state index contributed by atoms with van der Waals surface area (Å²) in [6, 6.07) is 3.23. The SMILES string of the molecule is Cc1c(OS(=O)(=O)F)cc(CS)cc1B1OC(C)(C)C(C)(C)O1. The average Bonchev–Trinajstić information content (AvgIpc) is 2.59. The molecule has 1 heterocycles. The van der Waals surface area contributed by atoms with Gasteiger partial charge in [-0.3, -0.25) is 0 Å². The zero-order chi connectivity index (χ0) is 17.6. The zero-order valence-electron chi connectivity index (χ0n) is 13.7. The second kappa shape index (κ2) is 5.95. The first-order valence-corrected chi connectivity index (χ1v) is 9.04. The van der Waals surface area contributed by atoms with Gasteiger partial charge in [-0.05, 0) is 57.3 Å². The average molecular weight is 362 g/mol. The van der Waals surface area contributed by atoms with Gasteiger partial charge >= 0.3 is 17.6 Å². The van der Waals surface area contributed by atoms with Crippen LogP contribution in [0, 0.1) is 6.92 Å². The number of thiol groups is 1. The zero-order valence-corrected chi connectivity index (χ0v) is 15.4. The molecule has 1 saturated heterocycles. The summed E-state index contributed by atoms with van der Waals surface area (Å²) in [6.07, 6.45) is 0. The lowest BCUT2D eigenvalue weighted by Gasteiger charge is -2.32. The first-order valence-electron chi connectivity index (χ1n) is 7.10. The van der Waals surface area contributed by atoms with Gasteiger partial charge in [-0.1, -0.05) is 9.95 Å². The van der Waals surface area contributed by atoms with E-state index < -0.39 is 28.8 Å². The standard InChI is InChI=1S/C14H20BFO5S2/c1-9-11(15-20-13(2,3)14(4,5)21-15)6-10(8-22)7-12(9)19-23(16,17)18/h6-7,22H,8H2,1-5H3. The van der Waals surface area contributed by atoms with Crippen LogP contribution in [-0.2, 0) is 25.6 Å². The van der Waals surface area contributed by atoms with Crippen molar-refractivity contribution in [1.29, 1.82) is 0 Å². The van der Waals surface area contributed by atoms with Crippen LogP contribution in [0.15, 0.2) is 12.1 Å². The fourth-order valence-electron chi connectivity index (χ4n) is 2.27. The van der Waals surface area contributed by atoms with Crippen LogP contribution in [0.3, 0.4) is 0 Å². The van der Waals surface area contributed by atoms with Crippen molar-refractivity contribution in [2.75, 3.05) is 0 Å². The molecule has 128 valence electrons. The van der Waals surface area contributed by atoms with Crippen molar-refractivity contribution in [1.82, 2.24) is 0 Å². The molecule has 0 atom stereocenters. The molecule has 0 saturated carbocycles. The smallest absolute Gasteiger partial charge is 0.399 e. The van der Waals surface area contributed by atoms with Crippen molar-refractivity contribution in [3.8, 4) is 5.75 Å². The van der Waals surface area contributed by atoms with E-state index in [9.17, 15) is 12.3 Å². The molecule has 5 nitrogen and oxygen atoms in total. The molecule has 2 rings (SSSR count). The molecule has 0 aromatic heterocycles. The van der Waals surface area contributed by atoms with Crippen LogP contribution in [0.4, 0.5) is 3.89 Å². The summed E-state index contributed by atoms with van der Waals surface area (Å²) in [4.78, 5) is 0. The molecule has 0 unspecified atom stereocenters. The minimum absolute atomic E-state index is 0.0937. The Hall–Kier alpha value is -0.765. The maximum Gasteiger partial charge on any atom is 0.495 e. The highest BCUT2D eigenvalue weighted by Gasteiger charge is 2.52. The van der Waals surface area contributed by atoms with Crippen molar-refractivity contribution >= 4 is 35.7 Å². The highest BCUT2D eigenvalue weighted by molar-refractivity contribution is 7.81. The summed E-state index contributed by atoms with van der Waals surface area (Å²) in [5.41, 5.74) is 0.606. The largest absolute Gasteiger partial charge is 0.495 e. The number of benzene rings is 1. The lowest BCUT2D eigenvalue weighted by Crippen LogP contribution is -2.41. The van der Waals surface area contributed by atoms with Gasteiger partial charge in [0, 0.05) is 5.75 Å². The van der Waals surface area contributed by atoms with Crippen LogP contribution >= 0.6 is 12.6 Å². The van der Waals surface area contributed by atoms with Crippen molar-refractivity contribution in [3.63, 3.8) is 0 Å². The van der Waals surface area contributed by atoms with Gasteiger partial charge in [0.05, 0.1) is 11.2 Å². The van der Waals surface area contributed by atoms with E-state index in [0.717, 1.165) is 0 Å². The summed E-state index contributed by atoms with van der Waals surface area (Å²) in [5.74, 6) is 0.235. The van der Waals surface area contributed by atoms with E-state index in [0.29, 0.717) is 22.3 Å². The van der Waals surface area contributed by atoms with Crippen LogP contribution in [0.1, 0.15) is 38.8 Å². The molecular weight excluding hydrogens is 342 g/mol. The van der Waals surface area contributed by atoms with Gasteiger partial charge in [0.15, 0.2) is 0 Å². The molecule has 0 N–H and O–H groups in total. The normalized spacial score (nSPS) is 19.9. The second-order valence-electron chi connectivity index (χ2n) is 6.53. The summed E-state index contributed by atoms with van der Waals surface area (Å²) in [5, 5.41) is 0. The van der Waals surface area contributed by atoms with E-state index in [1.54, 1.807) is 13.0 Å². The quantitative estimate of drug-likeness (QED) is 0.506. The van der Waals surface area contributed by atoms with Gasteiger partial charge in [0.2, 0.25) is 0 Å². The molecule has 9 heteroatoms. The molecule has 0 amide bonds. The first kappa shape index (κ1) is 18.6. The van der Waals surface area contributed by atoms with Crippen molar-refractivity contribution in [2.45, 2.75) is 51.6 Å². The first-order chi connectivity index (χ1) is 10.4. The summed E-state index contributed by atoms with van der Waals surface area (Å²) in [7, 11) is -5.82. The van der Waals surface area contributed by atoms with Gasteiger partial charge < -0.3 is 13.5 Å². The molecule has 0 bridgehead atoms. The summed E-state index contributed by atoms with van der Waals surface area (Å²) in [6.45, 7) is 9.27. The molecule has 0 aliphatic carbocycles. The highest BCUT2D eigenvalue weighted by Crippen LogP contribution is 2.37. The Kier molecular flexibility index (Phi) is 4.80. The van der Waals surface area contributed by atoms with Crippen LogP contribution in [0.2, 0.25) is 0 Å². The molecule has 0 radical (unpaired) electrons. The fraction of sp³-hybridized carbons (Fsp3) is 0.571. The molecule has 1 fully saturated rings. The monoisotopic (exact) mass is 362 g/mol. The van der Waals surface area contributed by atoms with Gasteiger partial charge in [-0.25, -0.2) is 0 Å². The van der Waals surface area contributed by atoms with Gasteiger partial charge in [-0.15, -0.1) is 0 Å². The Balaban J connectivity index is 2.49. The third kappa shape index (κ3) is 3.84. The Morgan fingerprint density at radius 1 is 1.22 bits per heavy atom. The molecule has 1 aromatic rings. The summed E-state index contributed by atoms with van der Waals surface area (Å²) >= 11 is 4.18. The van der Waals surface area contributed by atoms with Gasteiger partial charge in [0.25, 0.3) is 0 Å². The second-order valence-corrected chi connectivity index (χ2v) is 7.80. The van der Waals surface area contributed by atoms with Crippen LogP contribution in [-0.4, -0.2) is 26.7 Å². The number of halogens is 1. The van der Waals surface area contributed by atoms with Crippen molar-refractivity contribution in [2.24, 2.45) is 0 Å². The van der Waals surface area contributed by atoms with E-state index in [2.05, 4.69) is 16.8 Å². The van der Waals surface area contributed by atoms with E-state index in [4.69, 9.17) is 9.31 Å². The Bertz CT molecular complexity index is 702. The Morgan fingerprint density at radius 2 is 1.74 bits per heavy atom. The lowest BCUT2D eigenvalue weighted by atomic mass is 9.75. The van der Waals surface area contributed by atoms with Gasteiger partial charge in [-0.2, -0.15) is 21.0 Å². The van der Waals surface area contributed by atoms with E-state index in [-0.39, 0.29) is 5.75 Å². The predicted octanol–water partition coefficient (Wildman–Crippen LogP) is 2.32. The molecule has 1 aliphatic rings. The number of hydrogen-bond donors (Lipinski definition) is 1. The fourth-order valence-corrected chi connectivity index (χ4v) is 2.84. The maximum atomic E-state index is 12.9. The van der Waals surface area contributed by atoms with E-state index in [1.807, 2.05) is 27.7 Å². The van der Waals surface area contributed by atoms with Crippen molar-refractivity contribution < 1.29 is 25.8 Å². The molecule has 1 aromatic carbocycles. The predicted molar refractivity (Wildman–Crippen MR) is 90.2 cm³/mol. The molecule has 1 aliphatic heterocycles. The van der Waals surface area contributed by atoms with Crippen LogP contribution < -0.4 is 9.65 Å². The third-order valence-electron chi connectivity index (χ3n) is 4.34. The maximum absolute atomic E-state index is 12.9. The topological polar surface area (TPSA) is 61.8 Å². The molecular formula is C14H20BFO5S2. The van der Waals surface area contributed by atoms with Crippen LogP contribution in [0.5, 0.6) is 5.75 Å². The Morgan fingerprint density at radius 3 is 2.17 bits per heavy atom. The number of hydrogen-bond acceptors (Lipinski definition) is 6. The lowest BCUT2D eigenvalue weighted by molar-refractivity contribution is 0.00578.